The van der Waals surface area contributed by atoms with Gasteiger partial charge in [0.05, 0.1) is 34.4 Å². The molecule has 2 amide bonds. The Kier molecular flexibility index (Phi) is 8.28. The zero-order valence-electron chi connectivity index (χ0n) is 21.0. The van der Waals surface area contributed by atoms with Gasteiger partial charge in [0.1, 0.15) is 24.5 Å². The van der Waals surface area contributed by atoms with Crippen LogP contribution in [-0.4, -0.2) is 23.1 Å². The first-order valence-electron chi connectivity index (χ1n) is 11.9. The summed E-state index contributed by atoms with van der Waals surface area (Å²) in [7, 11) is 1.55. The van der Waals surface area contributed by atoms with E-state index < -0.39 is 11.8 Å². The van der Waals surface area contributed by atoms with Crippen molar-refractivity contribution in [1.82, 2.24) is 9.97 Å². The number of aromatic nitrogens is 2. The predicted octanol–water partition coefficient (Wildman–Crippen LogP) is 8.21. The normalized spacial score (nSPS) is 10.7. The van der Waals surface area contributed by atoms with E-state index in [1.165, 1.54) is 24.5 Å². The van der Waals surface area contributed by atoms with Gasteiger partial charge in [-0.1, -0.05) is 57.9 Å². The van der Waals surface area contributed by atoms with Crippen LogP contribution in [0.3, 0.4) is 0 Å². The largest absolute Gasteiger partial charge is 0.493 e. The van der Waals surface area contributed by atoms with Gasteiger partial charge in [0.2, 0.25) is 5.88 Å². The van der Waals surface area contributed by atoms with Crippen molar-refractivity contribution in [2.75, 3.05) is 17.7 Å². The fraction of sp³-hybridized carbons (Fsp3) is 0.0690. The van der Waals surface area contributed by atoms with E-state index in [9.17, 15) is 9.18 Å². The van der Waals surface area contributed by atoms with E-state index in [-0.39, 0.29) is 16.6 Å². The molecule has 5 rings (SSSR count). The minimum atomic E-state index is -0.657. The smallest absolute Gasteiger partial charge is 0.323 e. The van der Waals surface area contributed by atoms with Crippen molar-refractivity contribution in [2.24, 2.45) is 0 Å². The maximum atomic E-state index is 14.0. The topological polar surface area (TPSA) is 94.6 Å². The highest BCUT2D eigenvalue weighted by atomic mass is 79.9. The lowest BCUT2D eigenvalue weighted by atomic mass is 10.2. The van der Waals surface area contributed by atoms with Crippen molar-refractivity contribution >= 4 is 55.8 Å². The maximum absolute atomic E-state index is 14.0. The lowest BCUT2D eigenvalue weighted by molar-refractivity contribution is 0.262. The van der Waals surface area contributed by atoms with Crippen LogP contribution in [0.2, 0.25) is 5.02 Å². The van der Waals surface area contributed by atoms with Crippen molar-refractivity contribution in [1.29, 1.82) is 0 Å². The number of urea groups is 1. The Hall–Kier alpha value is -4.41. The quantitative estimate of drug-likeness (QED) is 0.181. The number of carbonyl (C=O) groups excluding carboxylic acids is 1. The molecule has 2 N–H and O–H groups in total. The first kappa shape index (κ1) is 27.2. The van der Waals surface area contributed by atoms with Gasteiger partial charge in [-0.25, -0.2) is 19.2 Å². The Labute approximate surface area is 242 Å². The third-order valence-electron chi connectivity index (χ3n) is 5.70. The second kappa shape index (κ2) is 12.2. The predicted molar refractivity (Wildman–Crippen MR) is 155 cm³/mol. The molecule has 0 atom stereocenters. The molecule has 0 fully saturated rings. The van der Waals surface area contributed by atoms with Crippen LogP contribution < -0.4 is 24.8 Å². The number of rotatable bonds is 8. The van der Waals surface area contributed by atoms with Gasteiger partial charge < -0.3 is 24.8 Å². The summed E-state index contributed by atoms with van der Waals surface area (Å²) in [5, 5.41) is 5.84. The third-order valence-corrected chi connectivity index (χ3v) is 6.51. The van der Waals surface area contributed by atoms with E-state index in [1.54, 1.807) is 37.4 Å². The summed E-state index contributed by atoms with van der Waals surface area (Å²) in [6.07, 6.45) is 1.38. The van der Waals surface area contributed by atoms with Crippen LogP contribution in [0.5, 0.6) is 23.1 Å². The molecule has 1 heterocycles. The number of carbonyl (C=O) groups is 1. The van der Waals surface area contributed by atoms with Crippen molar-refractivity contribution in [2.45, 2.75) is 6.61 Å². The van der Waals surface area contributed by atoms with Crippen LogP contribution in [0.4, 0.5) is 20.6 Å². The first-order valence-corrected chi connectivity index (χ1v) is 13.1. The summed E-state index contributed by atoms with van der Waals surface area (Å²) in [5.41, 5.74) is 1.94. The molecule has 0 saturated heterocycles. The van der Waals surface area contributed by atoms with Crippen molar-refractivity contribution in [3.63, 3.8) is 0 Å². The molecule has 1 aromatic heterocycles. The van der Waals surface area contributed by atoms with Gasteiger partial charge in [-0.05, 0) is 42.0 Å². The summed E-state index contributed by atoms with van der Waals surface area (Å²) in [5.74, 6) is 1.09. The van der Waals surface area contributed by atoms with Gasteiger partial charge in [0, 0.05) is 16.6 Å². The summed E-state index contributed by atoms with van der Waals surface area (Å²) in [6, 6.07) is 21.6. The molecule has 0 aliphatic heterocycles. The second-order valence-corrected chi connectivity index (χ2v) is 9.74. The molecule has 202 valence electrons. The molecular formula is C29H21BrClFN4O4. The molecule has 0 unspecified atom stereocenters. The van der Waals surface area contributed by atoms with Crippen LogP contribution in [0.25, 0.3) is 10.9 Å². The SMILES string of the molecule is COc1cc2c(Oc3ccc(NC(=O)Nc4ccc(Br)cc4F)c(Cl)c3)ncnc2cc1OCc1ccccc1. The van der Waals surface area contributed by atoms with Crippen molar-refractivity contribution in [3.8, 4) is 23.1 Å². The average Bonchev–Trinajstić information content (AvgIpc) is 2.95. The van der Waals surface area contributed by atoms with E-state index in [2.05, 4.69) is 36.5 Å². The first-order chi connectivity index (χ1) is 19.4. The highest BCUT2D eigenvalue weighted by molar-refractivity contribution is 9.10. The van der Waals surface area contributed by atoms with Gasteiger partial charge >= 0.3 is 6.03 Å². The van der Waals surface area contributed by atoms with E-state index >= 15 is 0 Å². The Balaban J connectivity index is 1.31. The molecule has 0 radical (unpaired) electrons. The number of nitrogens with one attached hydrogen (secondary N) is 2. The number of halogens is 3. The lowest BCUT2D eigenvalue weighted by Crippen LogP contribution is -2.20. The molecule has 4 aromatic carbocycles. The molecule has 11 heteroatoms. The zero-order valence-corrected chi connectivity index (χ0v) is 23.3. The molecular weight excluding hydrogens is 603 g/mol. The molecule has 8 nitrogen and oxygen atoms in total. The van der Waals surface area contributed by atoms with Gasteiger partial charge in [-0.3, -0.25) is 0 Å². The Morgan fingerprint density at radius 2 is 1.73 bits per heavy atom. The highest BCUT2D eigenvalue weighted by Gasteiger charge is 2.15. The number of nitrogens with zero attached hydrogens (tertiary/aromatic N) is 2. The van der Waals surface area contributed by atoms with Gasteiger partial charge in [0.15, 0.2) is 11.5 Å². The van der Waals surface area contributed by atoms with Gasteiger partial charge in [-0.15, -0.1) is 0 Å². The number of fused-ring (bicyclic) bond motifs is 1. The van der Waals surface area contributed by atoms with E-state index in [0.717, 1.165) is 5.56 Å². The van der Waals surface area contributed by atoms with Gasteiger partial charge in [0.25, 0.3) is 0 Å². The molecule has 0 aliphatic rings. The summed E-state index contributed by atoms with van der Waals surface area (Å²) in [4.78, 5) is 21.0. The Bertz CT molecular complexity index is 1690. The number of benzene rings is 4. The van der Waals surface area contributed by atoms with Crippen LogP contribution in [-0.2, 0) is 6.61 Å². The minimum absolute atomic E-state index is 0.0245. The van der Waals surface area contributed by atoms with E-state index in [0.29, 0.717) is 44.9 Å². The Morgan fingerprint density at radius 3 is 2.48 bits per heavy atom. The van der Waals surface area contributed by atoms with Crippen LogP contribution in [0.15, 0.2) is 89.7 Å². The molecule has 40 heavy (non-hydrogen) atoms. The fourth-order valence-electron chi connectivity index (χ4n) is 3.77. The van der Waals surface area contributed by atoms with Gasteiger partial charge in [-0.2, -0.15) is 0 Å². The third kappa shape index (κ3) is 6.41. The standard InChI is InChI=1S/C29H21BrClFN4O4/c1-38-26-13-20-25(14-27(26)39-15-17-5-3-2-4-6-17)33-16-34-28(20)40-19-8-10-23(21(31)12-19)35-29(37)36-24-9-7-18(30)11-22(24)32/h2-14,16H,15H2,1H3,(H2,35,36,37). The fourth-order valence-corrected chi connectivity index (χ4v) is 4.32. The van der Waals surface area contributed by atoms with E-state index in [1.807, 2.05) is 30.3 Å². The average molecular weight is 624 g/mol. The number of methoxy groups -OCH3 is 1. The van der Waals surface area contributed by atoms with Crippen LogP contribution in [0.1, 0.15) is 5.56 Å². The minimum Gasteiger partial charge on any atom is -0.493 e. The number of ether oxygens (including phenoxy) is 3. The maximum Gasteiger partial charge on any atom is 0.323 e. The van der Waals surface area contributed by atoms with Crippen molar-refractivity contribution in [3.05, 3.63) is 106 Å². The molecule has 0 saturated carbocycles. The second-order valence-electron chi connectivity index (χ2n) is 8.42. The molecule has 0 bridgehead atoms. The number of hydrogen-bond donors (Lipinski definition) is 2. The lowest BCUT2D eigenvalue weighted by Gasteiger charge is -2.14. The molecule has 0 spiro atoms. The zero-order chi connectivity index (χ0) is 28.1. The summed E-state index contributed by atoms with van der Waals surface area (Å²) in [6.45, 7) is 0.367. The van der Waals surface area contributed by atoms with Crippen molar-refractivity contribution < 1.29 is 23.4 Å². The van der Waals surface area contributed by atoms with E-state index in [4.69, 9.17) is 25.8 Å². The summed E-state index contributed by atoms with van der Waals surface area (Å²) < 4.78 is 32.1. The number of anilines is 2. The van der Waals surface area contributed by atoms with Crippen LogP contribution in [0, 0.1) is 5.82 Å². The number of hydrogen-bond acceptors (Lipinski definition) is 6. The van der Waals surface area contributed by atoms with Crippen LogP contribution >= 0.6 is 27.5 Å². The Morgan fingerprint density at radius 1 is 0.950 bits per heavy atom. The molecule has 5 aromatic rings. The number of amides is 2. The monoisotopic (exact) mass is 622 g/mol. The summed E-state index contributed by atoms with van der Waals surface area (Å²) >= 11 is 9.57. The molecule has 0 aliphatic carbocycles. The highest BCUT2D eigenvalue weighted by Crippen LogP contribution is 2.37.